The quantitative estimate of drug-likeness (QED) is 0.216. The van der Waals surface area contributed by atoms with Gasteiger partial charge in [0.15, 0.2) is 0 Å². The molecule has 1 aliphatic rings. The van der Waals surface area contributed by atoms with Crippen molar-refractivity contribution in [3.63, 3.8) is 0 Å². The summed E-state index contributed by atoms with van der Waals surface area (Å²) in [7, 11) is 0. The van der Waals surface area contributed by atoms with Gasteiger partial charge in [-0.2, -0.15) is 0 Å². The van der Waals surface area contributed by atoms with E-state index >= 15 is 0 Å². The average Bonchev–Trinajstić information content (AvgIpc) is 3.70. The van der Waals surface area contributed by atoms with Crippen molar-refractivity contribution in [2.45, 2.75) is 31.3 Å². The Kier molecular flexibility index (Phi) is 6.45. The number of amides is 1. The Morgan fingerprint density at radius 2 is 1.70 bits per heavy atom. The van der Waals surface area contributed by atoms with Crippen molar-refractivity contribution in [2.75, 3.05) is 5.32 Å². The van der Waals surface area contributed by atoms with Crippen LogP contribution in [-0.2, 0) is 14.9 Å². The van der Waals surface area contributed by atoms with Crippen molar-refractivity contribution in [1.82, 2.24) is 0 Å². The van der Waals surface area contributed by atoms with E-state index in [1.165, 1.54) is 0 Å². The summed E-state index contributed by atoms with van der Waals surface area (Å²) >= 11 is 6.26. The van der Waals surface area contributed by atoms with Crippen molar-refractivity contribution >= 4 is 51.1 Å². The molecular formula is C33H24ClNO5. The van der Waals surface area contributed by atoms with Crippen LogP contribution in [0.3, 0.4) is 0 Å². The lowest BCUT2D eigenvalue weighted by atomic mass is 9.93. The molecule has 0 radical (unpaired) electrons. The second kappa shape index (κ2) is 10.1. The summed E-state index contributed by atoms with van der Waals surface area (Å²) in [6, 6.07) is 26.1. The first-order valence-corrected chi connectivity index (χ1v) is 13.3. The molecule has 6 rings (SSSR count). The van der Waals surface area contributed by atoms with Crippen LogP contribution in [-0.4, -0.2) is 17.2 Å². The van der Waals surface area contributed by atoms with Crippen molar-refractivity contribution in [2.24, 2.45) is 0 Å². The summed E-state index contributed by atoms with van der Waals surface area (Å²) in [6.45, 7) is 1.75. The van der Waals surface area contributed by atoms with E-state index in [0.717, 1.165) is 21.9 Å². The Labute approximate surface area is 235 Å². The van der Waals surface area contributed by atoms with Gasteiger partial charge in [0, 0.05) is 21.5 Å². The topological polar surface area (TPSA) is 88.8 Å². The Morgan fingerprint density at radius 3 is 2.48 bits per heavy atom. The number of anilines is 1. The van der Waals surface area contributed by atoms with Crippen LogP contribution in [0.5, 0.6) is 0 Å². The molecule has 7 heteroatoms. The maximum absolute atomic E-state index is 12.9. The molecule has 1 aliphatic carbocycles. The lowest BCUT2D eigenvalue weighted by molar-refractivity contribution is -0.140. The van der Waals surface area contributed by atoms with E-state index < -0.39 is 23.6 Å². The molecule has 1 atom stereocenters. The van der Waals surface area contributed by atoms with E-state index in [2.05, 4.69) is 17.2 Å². The highest BCUT2D eigenvalue weighted by atomic mass is 35.5. The third-order valence-electron chi connectivity index (χ3n) is 7.32. The van der Waals surface area contributed by atoms with E-state index in [1.807, 2.05) is 72.8 Å². The highest BCUT2D eigenvalue weighted by Crippen LogP contribution is 2.49. The number of nitrogens with one attached hydrogen (secondary N) is 1. The molecule has 0 aliphatic heterocycles. The number of para-hydroxylation sites is 1. The van der Waals surface area contributed by atoms with Gasteiger partial charge in [-0.05, 0) is 72.4 Å². The van der Waals surface area contributed by atoms with Gasteiger partial charge in [0.1, 0.15) is 17.4 Å². The monoisotopic (exact) mass is 549 g/mol. The minimum atomic E-state index is -0.771. The molecule has 4 aromatic carbocycles. The fraction of sp³-hybridized carbons (Fsp3) is 0.152. The average molecular weight is 550 g/mol. The minimum Gasteiger partial charge on any atom is -0.481 e. The zero-order chi connectivity index (χ0) is 27.9. The molecule has 2 N–H and O–H groups in total. The lowest BCUT2D eigenvalue weighted by Crippen LogP contribution is -2.19. The van der Waals surface area contributed by atoms with Crippen molar-refractivity contribution in [1.29, 1.82) is 0 Å². The summed E-state index contributed by atoms with van der Waals surface area (Å²) < 4.78 is 11.6. The Hall–Kier alpha value is -4.73. The van der Waals surface area contributed by atoms with Gasteiger partial charge in [-0.3, -0.25) is 10.1 Å². The van der Waals surface area contributed by atoms with Gasteiger partial charge in [-0.25, -0.2) is 4.79 Å². The molecule has 1 aromatic heterocycles. The number of carboxylic acid groups (broad SMARTS) is 1. The molecule has 1 heterocycles. The number of furan rings is 1. The maximum Gasteiger partial charge on any atom is 0.412 e. The molecule has 0 bridgehead atoms. The third kappa shape index (κ3) is 4.76. The smallest absolute Gasteiger partial charge is 0.412 e. The zero-order valence-corrected chi connectivity index (χ0v) is 22.3. The normalized spacial score (nSPS) is 14.2. The highest BCUT2D eigenvalue weighted by Gasteiger charge is 2.51. The standard InChI is InChI=1S/C33H24ClNO5/c1-20(25-6-2-4-8-27(25)34)39-32(38)35-30-26-7-3-5-9-28(26)40-29(30)15-11-21-10-12-23-19-24(14-13-22(23)18-21)33(16-17-33)31(36)37/h2-10,12-14,18-20H,16-17H2,1H3,(H,35,38)(H,36,37). The van der Waals surface area contributed by atoms with Crippen molar-refractivity contribution in [3.05, 3.63) is 112 Å². The zero-order valence-electron chi connectivity index (χ0n) is 21.5. The molecule has 6 nitrogen and oxygen atoms in total. The molecule has 1 amide bonds. The van der Waals surface area contributed by atoms with Gasteiger partial charge >= 0.3 is 12.1 Å². The van der Waals surface area contributed by atoms with Crippen LogP contribution in [0.15, 0.2) is 89.3 Å². The molecule has 0 saturated heterocycles. The molecule has 0 spiro atoms. The maximum atomic E-state index is 12.9. The van der Waals surface area contributed by atoms with Crippen LogP contribution in [0, 0.1) is 11.8 Å². The first kappa shape index (κ1) is 25.5. The second-order valence-corrected chi connectivity index (χ2v) is 10.3. The largest absolute Gasteiger partial charge is 0.481 e. The van der Waals surface area contributed by atoms with E-state index in [0.29, 0.717) is 45.8 Å². The molecule has 1 saturated carbocycles. The van der Waals surface area contributed by atoms with Crippen molar-refractivity contribution < 1.29 is 23.8 Å². The summed E-state index contributed by atoms with van der Waals surface area (Å²) in [5.74, 6) is 5.72. The van der Waals surface area contributed by atoms with Gasteiger partial charge in [-0.15, -0.1) is 0 Å². The molecule has 1 unspecified atom stereocenters. The molecule has 1 fully saturated rings. The number of aliphatic carboxylic acids is 1. The number of benzene rings is 4. The number of carbonyl (C=O) groups is 2. The number of carbonyl (C=O) groups excluding carboxylic acids is 1. The SMILES string of the molecule is CC(OC(=O)Nc1c(C#Cc2ccc3cc(C4(C(=O)O)CC4)ccc3c2)oc2ccccc12)c1ccccc1Cl. The van der Waals surface area contributed by atoms with E-state index in [9.17, 15) is 14.7 Å². The van der Waals surface area contributed by atoms with Crippen molar-refractivity contribution in [3.8, 4) is 11.8 Å². The van der Waals surface area contributed by atoms with E-state index in [-0.39, 0.29) is 0 Å². The van der Waals surface area contributed by atoms with Crippen LogP contribution >= 0.6 is 11.6 Å². The van der Waals surface area contributed by atoms with Crippen LogP contribution in [0.4, 0.5) is 10.5 Å². The number of fused-ring (bicyclic) bond motifs is 2. The molecule has 5 aromatic rings. The molecule has 198 valence electrons. The highest BCUT2D eigenvalue weighted by molar-refractivity contribution is 6.31. The van der Waals surface area contributed by atoms with Crippen LogP contribution < -0.4 is 5.32 Å². The number of hydrogen-bond acceptors (Lipinski definition) is 4. The van der Waals surface area contributed by atoms with Gasteiger partial charge in [0.25, 0.3) is 0 Å². The van der Waals surface area contributed by atoms with E-state index in [4.69, 9.17) is 20.8 Å². The lowest BCUT2D eigenvalue weighted by Gasteiger charge is -2.15. The van der Waals surface area contributed by atoms with Gasteiger partial charge < -0.3 is 14.3 Å². The number of halogens is 1. The molecule has 40 heavy (non-hydrogen) atoms. The first-order valence-electron chi connectivity index (χ1n) is 12.9. The number of carboxylic acids is 1. The Morgan fingerprint density at radius 1 is 0.975 bits per heavy atom. The summed E-state index contributed by atoms with van der Waals surface area (Å²) in [5.41, 5.74) is 2.55. The third-order valence-corrected chi connectivity index (χ3v) is 7.67. The minimum absolute atomic E-state index is 0.302. The number of hydrogen-bond donors (Lipinski definition) is 2. The van der Waals surface area contributed by atoms with Crippen LogP contribution in [0.2, 0.25) is 5.02 Å². The Bertz CT molecular complexity index is 1860. The molecular weight excluding hydrogens is 526 g/mol. The Balaban J connectivity index is 1.27. The first-order chi connectivity index (χ1) is 19.3. The predicted octanol–water partition coefficient (Wildman–Crippen LogP) is 8.07. The van der Waals surface area contributed by atoms with Gasteiger partial charge in [0.05, 0.1) is 5.41 Å². The van der Waals surface area contributed by atoms with Gasteiger partial charge in [0.2, 0.25) is 5.76 Å². The van der Waals surface area contributed by atoms with Crippen LogP contribution in [0.25, 0.3) is 21.7 Å². The number of rotatable bonds is 5. The van der Waals surface area contributed by atoms with Crippen LogP contribution in [0.1, 0.15) is 48.3 Å². The summed E-state index contributed by atoms with van der Waals surface area (Å²) in [4.78, 5) is 24.6. The fourth-order valence-corrected chi connectivity index (χ4v) is 5.21. The number of ether oxygens (including phenoxy) is 1. The second-order valence-electron chi connectivity index (χ2n) is 9.91. The predicted molar refractivity (Wildman–Crippen MR) is 155 cm³/mol. The van der Waals surface area contributed by atoms with E-state index in [1.54, 1.807) is 19.1 Å². The fourth-order valence-electron chi connectivity index (χ4n) is 4.92. The van der Waals surface area contributed by atoms with Gasteiger partial charge in [-0.1, -0.05) is 72.1 Å². The summed E-state index contributed by atoms with van der Waals surface area (Å²) in [6.07, 6.45) is 0.110. The summed E-state index contributed by atoms with van der Waals surface area (Å²) in [5, 5.41) is 15.6.